The first kappa shape index (κ1) is 20.8. The summed E-state index contributed by atoms with van der Waals surface area (Å²) in [5.74, 6) is -3.27. The summed E-state index contributed by atoms with van der Waals surface area (Å²) in [5.41, 5.74) is 1.91. The number of nitrogens with zero attached hydrogens (tertiary/aromatic N) is 1. The largest absolute Gasteiger partial charge is 0.350 e. The summed E-state index contributed by atoms with van der Waals surface area (Å²) in [5, 5.41) is 3.47. The Hall–Kier alpha value is -3.51. The number of anilines is 2. The molecule has 0 aromatic heterocycles. The number of rotatable bonds is 5. The molecule has 2 amide bonds. The minimum absolute atomic E-state index is 0.000274. The van der Waals surface area contributed by atoms with E-state index in [1.807, 2.05) is 19.1 Å². The van der Waals surface area contributed by atoms with Crippen molar-refractivity contribution in [3.63, 3.8) is 0 Å². The van der Waals surface area contributed by atoms with Crippen molar-refractivity contribution >= 4 is 40.4 Å². The van der Waals surface area contributed by atoms with Gasteiger partial charge in [-0.15, -0.1) is 0 Å². The smallest absolute Gasteiger partial charge is 0.282 e. The normalized spacial score (nSPS) is 13.9. The molecule has 31 heavy (non-hydrogen) atoms. The van der Waals surface area contributed by atoms with Gasteiger partial charge in [0, 0.05) is 16.8 Å². The van der Waals surface area contributed by atoms with Gasteiger partial charge in [-0.05, 0) is 53.9 Å². The molecule has 3 aromatic rings. The van der Waals surface area contributed by atoms with Crippen molar-refractivity contribution in [3.05, 3.63) is 100 Å². The van der Waals surface area contributed by atoms with Crippen LogP contribution in [0.1, 0.15) is 18.1 Å². The molecule has 1 aliphatic rings. The molecule has 7 heteroatoms. The van der Waals surface area contributed by atoms with Crippen molar-refractivity contribution < 1.29 is 18.4 Å². The van der Waals surface area contributed by atoms with E-state index in [0.717, 1.165) is 24.1 Å². The van der Waals surface area contributed by atoms with Gasteiger partial charge in [0.15, 0.2) is 0 Å². The van der Waals surface area contributed by atoms with Crippen LogP contribution in [-0.4, -0.2) is 11.8 Å². The van der Waals surface area contributed by atoms with Crippen LogP contribution in [0.15, 0.2) is 72.4 Å². The van der Waals surface area contributed by atoms with Gasteiger partial charge in [-0.1, -0.05) is 42.8 Å². The van der Waals surface area contributed by atoms with Gasteiger partial charge in [-0.3, -0.25) is 9.59 Å². The number of amides is 2. The standard InChI is InChI=1S/C24H17ClF2N2O2/c1-2-14-3-10-18(11-4-14)28-22-21(15-5-7-16(25)8-6-15)23(30)29(24(22)31)20-12-9-17(26)13-19(20)27/h3-13,28H,2H2,1H3. The summed E-state index contributed by atoms with van der Waals surface area (Å²) in [6, 6.07) is 16.5. The fraction of sp³-hybridized carbons (Fsp3) is 0.0833. The minimum Gasteiger partial charge on any atom is -0.350 e. The van der Waals surface area contributed by atoms with Crippen molar-refractivity contribution in [2.24, 2.45) is 0 Å². The number of nitrogens with one attached hydrogen (secondary N) is 1. The molecule has 4 rings (SSSR count). The van der Waals surface area contributed by atoms with Gasteiger partial charge in [0.05, 0.1) is 11.3 Å². The van der Waals surface area contributed by atoms with E-state index in [1.54, 1.807) is 36.4 Å². The molecule has 0 spiro atoms. The van der Waals surface area contributed by atoms with E-state index < -0.39 is 23.4 Å². The van der Waals surface area contributed by atoms with Crippen LogP contribution in [-0.2, 0) is 16.0 Å². The third kappa shape index (κ3) is 3.94. The van der Waals surface area contributed by atoms with Crippen LogP contribution < -0.4 is 10.2 Å². The number of carbonyl (C=O) groups excluding carboxylic acids is 2. The zero-order valence-electron chi connectivity index (χ0n) is 16.5. The molecule has 0 atom stereocenters. The molecular weight excluding hydrogens is 422 g/mol. The van der Waals surface area contributed by atoms with Crippen LogP contribution in [0.25, 0.3) is 5.57 Å². The third-order valence-electron chi connectivity index (χ3n) is 5.00. The Morgan fingerprint density at radius 2 is 1.58 bits per heavy atom. The Kier molecular flexibility index (Phi) is 5.57. The van der Waals surface area contributed by atoms with Gasteiger partial charge < -0.3 is 5.32 Å². The second-order valence-corrected chi connectivity index (χ2v) is 7.41. The molecular formula is C24H17ClF2N2O2. The van der Waals surface area contributed by atoms with Crippen LogP contribution in [0.3, 0.4) is 0 Å². The molecule has 3 aromatic carbocycles. The fourth-order valence-corrected chi connectivity index (χ4v) is 3.51. The third-order valence-corrected chi connectivity index (χ3v) is 5.25. The van der Waals surface area contributed by atoms with Gasteiger partial charge in [0.1, 0.15) is 17.3 Å². The molecule has 0 unspecified atom stereocenters. The molecule has 1 aliphatic heterocycles. The molecule has 0 saturated carbocycles. The van der Waals surface area contributed by atoms with E-state index in [9.17, 15) is 18.4 Å². The molecule has 0 saturated heterocycles. The second-order valence-electron chi connectivity index (χ2n) is 6.97. The Morgan fingerprint density at radius 3 is 2.19 bits per heavy atom. The van der Waals surface area contributed by atoms with Crippen molar-refractivity contribution in [2.75, 3.05) is 10.2 Å². The predicted octanol–water partition coefficient (Wildman–Crippen LogP) is 5.58. The average molecular weight is 439 g/mol. The number of carbonyl (C=O) groups is 2. The zero-order valence-corrected chi connectivity index (χ0v) is 17.2. The second kappa shape index (κ2) is 8.32. The highest BCUT2D eigenvalue weighted by atomic mass is 35.5. The van der Waals surface area contributed by atoms with Crippen LogP contribution in [0.5, 0.6) is 0 Å². The minimum atomic E-state index is -1.01. The lowest BCUT2D eigenvalue weighted by Crippen LogP contribution is -2.33. The van der Waals surface area contributed by atoms with Gasteiger partial charge in [-0.25, -0.2) is 13.7 Å². The molecule has 0 fully saturated rings. The maximum Gasteiger partial charge on any atom is 0.282 e. The van der Waals surface area contributed by atoms with Gasteiger partial charge >= 0.3 is 0 Å². The molecule has 1 N–H and O–H groups in total. The van der Waals surface area contributed by atoms with Crippen molar-refractivity contribution in [1.29, 1.82) is 0 Å². The van der Waals surface area contributed by atoms with Crippen LogP contribution in [0, 0.1) is 11.6 Å². The maximum absolute atomic E-state index is 14.4. The predicted molar refractivity (Wildman–Crippen MR) is 117 cm³/mol. The monoisotopic (exact) mass is 438 g/mol. The SMILES string of the molecule is CCc1ccc(NC2=C(c3ccc(Cl)cc3)C(=O)N(c3ccc(F)cc3F)C2=O)cc1. The van der Waals surface area contributed by atoms with E-state index in [4.69, 9.17) is 11.6 Å². The average Bonchev–Trinajstić information content (AvgIpc) is 2.99. The topological polar surface area (TPSA) is 49.4 Å². The van der Waals surface area contributed by atoms with Crippen molar-refractivity contribution in [1.82, 2.24) is 0 Å². The fourth-order valence-electron chi connectivity index (χ4n) is 3.38. The number of benzene rings is 3. The molecule has 0 bridgehead atoms. The highest BCUT2D eigenvalue weighted by Crippen LogP contribution is 2.35. The van der Waals surface area contributed by atoms with Crippen LogP contribution >= 0.6 is 11.6 Å². The summed E-state index contributed by atoms with van der Waals surface area (Å²) < 4.78 is 27.8. The van der Waals surface area contributed by atoms with Crippen molar-refractivity contribution in [2.45, 2.75) is 13.3 Å². The first-order valence-electron chi connectivity index (χ1n) is 9.59. The number of hydrogen-bond donors (Lipinski definition) is 1. The zero-order chi connectivity index (χ0) is 22.1. The first-order chi connectivity index (χ1) is 14.9. The lowest BCUT2D eigenvalue weighted by Gasteiger charge is -2.16. The molecule has 0 radical (unpaired) electrons. The van der Waals surface area contributed by atoms with E-state index in [-0.39, 0.29) is 17.0 Å². The lowest BCUT2D eigenvalue weighted by molar-refractivity contribution is -0.120. The molecule has 1 heterocycles. The van der Waals surface area contributed by atoms with E-state index >= 15 is 0 Å². The Labute approximate surface area is 182 Å². The summed E-state index contributed by atoms with van der Waals surface area (Å²) in [4.78, 5) is 27.2. The number of hydrogen-bond acceptors (Lipinski definition) is 3. The quantitative estimate of drug-likeness (QED) is 0.529. The van der Waals surface area contributed by atoms with Gasteiger partial charge in [0.2, 0.25) is 0 Å². The summed E-state index contributed by atoms with van der Waals surface area (Å²) in [6.07, 6.45) is 0.855. The van der Waals surface area contributed by atoms with Gasteiger partial charge in [0.25, 0.3) is 11.8 Å². The number of imide groups is 1. The first-order valence-corrected chi connectivity index (χ1v) is 9.97. The maximum atomic E-state index is 14.4. The van der Waals surface area contributed by atoms with Crippen LogP contribution in [0.2, 0.25) is 5.02 Å². The van der Waals surface area contributed by atoms with Crippen LogP contribution in [0.4, 0.5) is 20.2 Å². The highest BCUT2D eigenvalue weighted by Gasteiger charge is 2.41. The van der Waals surface area contributed by atoms with E-state index in [0.29, 0.717) is 27.2 Å². The number of halogens is 3. The molecule has 0 aliphatic carbocycles. The molecule has 4 nitrogen and oxygen atoms in total. The summed E-state index contributed by atoms with van der Waals surface area (Å²) in [7, 11) is 0. The van der Waals surface area contributed by atoms with Crippen molar-refractivity contribution in [3.8, 4) is 0 Å². The molecule has 156 valence electrons. The Bertz CT molecular complexity index is 1210. The lowest BCUT2D eigenvalue weighted by atomic mass is 10.0. The summed E-state index contributed by atoms with van der Waals surface area (Å²) in [6.45, 7) is 2.03. The van der Waals surface area contributed by atoms with Gasteiger partial charge in [-0.2, -0.15) is 0 Å². The number of aryl methyl sites for hydroxylation is 1. The Balaban J connectivity index is 1.81. The van der Waals surface area contributed by atoms with E-state index in [1.165, 1.54) is 0 Å². The Morgan fingerprint density at radius 1 is 0.903 bits per heavy atom. The highest BCUT2D eigenvalue weighted by molar-refractivity contribution is 6.46. The summed E-state index contributed by atoms with van der Waals surface area (Å²) >= 11 is 5.96. The van der Waals surface area contributed by atoms with E-state index in [2.05, 4.69) is 5.32 Å².